The highest BCUT2D eigenvalue weighted by molar-refractivity contribution is 5.92. The Hall–Kier alpha value is -11.0. The molecular weight excluding hydrogens is 969 g/mol. The van der Waals surface area contributed by atoms with Gasteiger partial charge in [0.25, 0.3) is 0 Å². The largest absolute Gasteiger partial charge is 0.457 e. The first-order valence-electron chi connectivity index (χ1n) is 26.6. The first-order chi connectivity index (χ1) is 39.4. The second kappa shape index (κ2) is 18.9. The van der Waals surface area contributed by atoms with Crippen LogP contribution >= 0.6 is 0 Å². The number of terminal acetylenes is 4. The van der Waals surface area contributed by atoms with Gasteiger partial charge in [0.05, 0.1) is 10.8 Å². The van der Waals surface area contributed by atoms with Crippen molar-refractivity contribution in [3.05, 3.63) is 322 Å². The summed E-state index contributed by atoms with van der Waals surface area (Å²) >= 11 is 0. The maximum absolute atomic E-state index is 6.36. The molecule has 14 rings (SSSR count). The molecule has 2 nitrogen and oxygen atoms in total. The molecule has 80 heavy (non-hydrogen) atoms. The van der Waals surface area contributed by atoms with Gasteiger partial charge in [-0.3, -0.25) is 0 Å². The summed E-state index contributed by atoms with van der Waals surface area (Å²) in [5, 5.41) is 4.32. The molecule has 0 fully saturated rings. The predicted octanol–water partition coefficient (Wildman–Crippen LogP) is 17.9. The van der Waals surface area contributed by atoms with E-state index in [-0.39, 0.29) is 0 Å². The molecule has 12 aromatic carbocycles. The van der Waals surface area contributed by atoms with Gasteiger partial charge in [0.15, 0.2) is 0 Å². The van der Waals surface area contributed by atoms with Crippen molar-refractivity contribution < 1.29 is 9.47 Å². The highest BCUT2D eigenvalue weighted by atomic mass is 16.5. The van der Waals surface area contributed by atoms with Crippen molar-refractivity contribution in [2.24, 2.45) is 0 Å². The molecule has 370 valence electrons. The molecule has 0 amide bonds. The molecule has 0 unspecified atom stereocenters. The normalized spacial score (nSPS) is 12.9. The van der Waals surface area contributed by atoms with E-state index < -0.39 is 10.8 Å². The van der Waals surface area contributed by atoms with Gasteiger partial charge in [0, 0.05) is 22.3 Å². The molecule has 0 atom stereocenters. The Bertz CT molecular complexity index is 4240. The summed E-state index contributed by atoms with van der Waals surface area (Å²) in [7, 11) is 0. The van der Waals surface area contributed by atoms with Crippen LogP contribution in [0.4, 0.5) is 0 Å². The third-order valence-corrected chi connectivity index (χ3v) is 16.3. The SMILES string of the molecule is C#Cc1cc(C#C)cc(Oc2ccc3cc(C4(c5ccc(-c6ccc(C7(c8ccc9cc(Oc%10cc(C#C)cc(C#C)c%10)ccc9c8)c8ccccc8-c8ccccc87)cc6)cc5)c5ccccc5-c5ccccc54)ccc3c2)c1. The highest BCUT2D eigenvalue weighted by Gasteiger charge is 2.47. The van der Waals surface area contributed by atoms with E-state index in [1.54, 1.807) is 12.1 Å². The molecule has 0 aliphatic heterocycles. The minimum absolute atomic E-state index is 0.593. The van der Waals surface area contributed by atoms with Crippen LogP contribution < -0.4 is 9.47 Å². The van der Waals surface area contributed by atoms with Crippen LogP contribution in [0.5, 0.6) is 23.0 Å². The number of rotatable bonds is 9. The van der Waals surface area contributed by atoms with Gasteiger partial charge < -0.3 is 9.47 Å². The zero-order chi connectivity index (χ0) is 54.0. The fourth-order valence-electron chi connectivity index (χ4n) is 12.8. The van der Waals surface area contributed by atoms with Crippen LogP contribution in [0.3, 0.4) is 0 Å². The standard InChI is InChI=1S/C78H46O2/c1-5-51-41-52(6-2)44-67(43-51)79-65-39-31-57-47-63(37-29-59(57)49-65)77(73-21-13-9-17-69(73)70-18-10-14-22-74(70)77)61-33-25-55(26-34-61)56-27-35-62(36-28-56)78(75-23-15-11-19-71(75)72-20-12-16-24-76(72)78)64-38-30-60-50-66(40-32-58(60)48-64)80-68-45-53(7-3)42-54(8-4)46-68/h1-4,9-50H. The molecule has 0 bridgehead atoms. The van der Waals surface area contributed by atoms with Crippen molar-refractivity contribution in [2.75, 3.05) is 0 Å². The molecule has 0 saturated carbocycles. The van der Waals surface area contributed by atoms with Gasteiger partial charge in [-0.15, -0.1) is 25.7 Å². The summed E-state index contributed by atoms with van der Waals surface area (Å²) in [4.78, 5) is 0. The van der Waals surface area contributed by atoms with E-state index in [1.165, 1.54) is 66.8 Å². The molecular formula is C78H46O2. The maximum atomic E-state index is 6.36. The molecule has 0 heterocycles. The Labute approximate surface area is 466 Å². The van der Waals surface area contributed by atoms with Gasteiger partial charge in [0.1, 0.15) is 23.0 Å². The fraction of sp³-hybridized carbons (Fsp3) is 0.0256. The topological polar surface area (TPSA) is 18.5 Å². The summed E-state index contributed by atoms with van der Waals surface area (Å²) in [6, 6.07) is 91.0. The van der Waals surface area contributed by atoms with Crippen LogP contribution in [0.1, 0.15) is 66.8 Å². The minimum atomic E-state index is -0.593. The third kappa shape index (κ3) is 7.52. The molecule has 0 aromatic heterocycles. The summed E-state index contributed by atoms with van der Waals surface area (Å²) in [5.41, 5.74) is 18.5. The number of hydrogen-bond donors (Lipinski definition) is 0. The highest BCUT2D eigenvalue weighted by Crippen LogP contribution is 2.58. The van der Waals surface area contributed by atoms with Crippen LogP contribution in [0.2, 0.25) is 0 Å². The maximum Gasteiger partial charge on any atom is 0.129 e. The summed E-state index contributed by atoms with van der Waals surface area (Å²) in [6.45, 7) is 0. The zero-order valence-electron chi connectivity index (χ0n) is 43.4. The second-order valence-corrected chi connectivity index (χ2v) is 20.6. The Morgan fingerprint density at radius 2 is 0.537 bits per heavy atom. The van der Waals surface area contributed by atoms with Crippen molar-refractivity contribution in [1.82, 2.24) is 0 Å². The van der Waals surface area contributed by atoms with Crippen LogP contribution in [-0.4, -0.2) is 0 Å². The first-order valence-corrected chi connectivity index (χ1v) is 26.6. The quantitative estimate of drug-likeness (QED) is 0.134. The van der Waals surface area contributed by atoms with Crippen LogP contribution in [0.15, 0.2) is 255 Å². The molecule has 2 aliphatic rings. The van der Waals surface area contributed by atoms with E-state index in [9.17, 15) is 0 Å². The second-order valence-electron chi connectivity index (χ2n) is 20.6. The van der Waals surface area contributed by atoms with Gasteiger partial charge in [-0.25, -0.2) is 0 Å². The fourth-order valence-corrected chi connectivity index (χ4v) is 12.8. The number of ether oxygens (including phenoxy) is 2. The van der Waals surface area contributed by atoms with Gasteiger partial charge in [-0.05, 0) is 172 Å². The molecule has 2 heteroatoms. The van der Waals surface area contributed by atoms with Crippen molar-refractivity contribution in [3.63, 3.8) is 0 Å². The average Bonchev–Trinajstić information content (AvgIpc) is 4.23. The Morgan fingerprint density at radius 1 is 0.250 bits per heavy atom. The lowest BCUT2D eigenvalue weighted by Gasteiger charge is -2.34. The first kappa shape index (κ1) is 47.5. The van der Waals surface area contributed by atoms with Gasteiger partial charge in [-0.1, -0.05) is 206 Å². The number of fused-ring (bicyclic) bond motifs is 8. The summed E-state index contributed by atoms with van der Waals surface area (Å²) in [5.74, 6) is 13.3. The summed E-state index contributed by atoms with van der Waals surface area (Å²) < 4.78 is 12.7. The minimum Gasteiger partial charge on any atom is -0.457 e. The Morgan fingerprint density at radius 3 is 0.863 bits per heavy atom. The van der Waals surface area contributed by atoms with Crippen molar-refractivity contribution in [2.45, 2.75) is 10.8 Å². The predicted molar refractivity (Wildman–Crippen MR) is 326 cm³/mol. The molecule has 0 saturated heterocycles. The molecule has 0 spiro atoms. The Balaban J connectivity index is 0.840. The van der Waals surface area contributed by atoms with Crippen LogP contribution in [-0.2, 0) is 10.8 Å². The lowest BCUT2D eigenvalue weighted by molar-refractivity contribution is 0.483. The van der Waals surface area contributed by atoms with Crippen molar-refractivity contribution in [1.29, 1.82) is 0 Å². The lowest BCUT2D eigenvalue weighted by Crippen LogP contribution is -2.28. The van der Waals surface area contributed by atoms with E-state index in [0.29, 0.717) is 45.3 Å². The van der Waals surface area contributed by atoms with Gasteiger partial charge in [0.2, 0.25) is 0 Å². The van der Waals surface area contributed by atoms with E-state index in [2.05, 4.69) is 230 Å². The average molecular weight is 1020 g/mol. The molecule has 0 N–H and O–H groups in total. The van der Waals surface area contributed by atoms with Gasteiger partial charge >= 0.3 is 0 Å². The Kier molecular flexibility index (Phi) is 11.2. The molecule has 2 aliphatic carbocycles. The molecule has 0 radical (unpaired) electrons. The van der Waals surface area contributed by atoms with Crippen LogP contribution in [0.25, 0.3) is 54.9 Å². The van der Waals surface area contributed by atoms with E-state index in [1.807, 2.05) is 36.4 Å². The smallest absolute Gasteiger partial charge is 0.129 e. The zero-order valence-corrected chi connectivity index (χ0v) is 43.4. The van der Waals surface area contributed by atoms with Crippen molar-refractivity contribution >= 4 is 21.5 Å². The number of hydrogen-bond acceptors (Lipinski definition) is 2. The molecule has 12 aromatic rings. The van der Waals surface area contributed by atoms with E-state index in [0.717, 1.165) is 32.7 Å². The number of benzene rings is 12. The van der Waals surface area contributed by atoms with E-state index >= 15 is 0 Å². The van der Waals surface area contributed by atoms with Crippen molar-refractivity contribution in [3.8, 4) is 106 Å². The third-order valence-electron chi connectivity index (χ3n) is 16.3. The monoisotopic (exact) mass is 1010 g/mol. The van der Waals surface area contributed by atoms with Gasteiger partial charge in [-0.2, -0.15) is 0 Å². The lowest BCUT2D eigenvalue weighted by atomic mass is 9.67. The van der Waals surface area contributed by atoms with E-state index in [4.69, 9.17) is 35.2 Å². The summed E-state index contributed by atoms with van der Waals surface area (Å²) in [6.07, 6.45) is 23.0. The van der Waals surface area contributed by atoms with Crippen LogP contribution in [0, 0.1) is 49.4 Å².